The first-order valence-electron chi connectivity index (χ1n) is 10.1. The smallest absolute Gasteiger partial charge is 0.246 e. The molecular formula is C21H28N6O2. The number of aliphatic imine (C=N–C) groups is 1. The van der Waals surface area contributed by atoms with E-state index in [1.165, 1.54) is 5.56 Å². The molecular weight excluding hydrogens is 368 g/mol. The van der Waals surface area contributed by atoms with Gasteiger partial charge in [0, 0.05) is 32.9 Å². The van der Waals surface area contributed by atoms with Crippen molar-refractivity contribution in [2.45, 2.75) is 25.4 Å². The van der Waals surface area contributed by atoms with E-state index in [2.05, 4.69) is 16.5 Å². The Morgan fingerprint density at radius 2 is 2.17 bits per heavy atom. The Hall–Kier alpha value is -2.87. The van der Waals surface area contributed by atoms with E-state index >= 15 is 0 Å². The molecule has 29 heavy (non-hydrogen) atoms. The number of carbonyl (C=O) groups is 1. The summed E-state index contributed by atoms with van der Waals surface area (Å²) in [6.07, 6.45) is 5.09. The Balaban J connectivity index is 1.48. The number of hydrogen-bond donors (Lipinski definition) is 2. The molecule has 1 aliphatic carbocycles. The average molecular weight is 396 g/mol. The maximum atomic E-state index is 12.7. The topological polar surface area (TPSA) is 86.0 Å². The average Bonchev–Trinajstić information content (AvgIpc) is 3.29. The van der Waals surface area contributed by atoms with Gasteiger partial charge in [0.1, 0.15) is 12.1 Å². The highest BCUT2D eigenvalue weighted by molar-refractivity contribution is 5.98. The minimum atomic E-state index is -0.946. The molecule has 2 heterocycles. The van der Waals surface area contributed by atoms with E-state index in [1.54, 1.807) is 15.8 Å². The summed E-state index contributed by atoms with van der Waals surface area (Å²) in [5.74, 6) is 0.685. The van der Waals surface area contributed by atoms with E-state index in [-0.39, 0.29) is 19.0 Å². The highest BCUT2D eigenvalue weighted by Gasteiger charge is 2.36. The second-order valence-electron chi connectivity index (χ2n) is 7.70. The van der Waals surface area contributed by atoms with Gasteiger partial charge in [0.15, 0.2) is 5.96 Å². The van der Waals surface area contributed by atoms with E-state index < -0.39 is 5.60 Å². The highest BCUT2D eigenvalue weighted by atomic mass is 16.3. The summed E-state index contributed by atoms with van der Waals surface area (Å²) < 4.78 is 1.70. The van der Waals surface area contributed by atoms with Crippen LogP contribution in [-0.4, -0.2) is 64.4 Å². The van der Waals surface area contributed by atoms with Crippen LogP contribution in [0.2, 0.25) is 0 Å². The number of aryl methyl sites for hydroxylation is 2. The first-order chi connectivity index (χ1) is 14.0. The van der Waals surface area contributed by atoms with E-state index in [4.69, 9.17) is 4.99 Å². The van der Waals surface area contributed by atoms with E-state index in [9.17, 15) is 9.90 Å². The Morgan fingerprint density at radius 3 is 2.90 bits per heavy atom. The summed E-state index contributed by atoms with van der Waals surface area (Å²) >= 11 is 0. The number of carbonyl (C=O) groups excluding carboxylic acids is 1. The third-order valence-electron chi connectivity index (χ3n) is 5.68. The molecule has 2 aromatic rings. The molecule has 2 N–H and O–H groups in total. The van der Waals surface area contributed by atoms with Crippen molar-refractivity contribution in [3.63, 3.8) is 0 Å². The minimum Gasteiger partial charge on any atom is -0.383 e. The van der Waals surface area contributed by atoms with Crippen molar-refractivity contribution in [1.82, 2.24) is 20.0 Å². The third kappa shape index (κ3) is 3.85. The number of nitrogens with one attached hydrogen (secondary N) is 1. The molecule has 154 valence electrons. The van der Waals surface area contributed by atoms with Gasteiger partial charge in [-0.2, -0.15) is 5.10 Å². The van der Waals surface area contributed by atoms with Crippen LogP contribution in [0, 0.1) is 0 Å². The third-order valence-corrected chi connectivity index (χ3v) is 5.68. The van der Waals surface area contributed by atoms with E-state index in [0.29, 0.717) is 32.0 Å². The molecule has 0 radical (unpaired) electrons. The minimum absolute atomic E-state index is 0.0137. The van der Waals surface area contributed by atoms with Gasteiger partial charge in [-0.05, 0) is 30.9 Å². The molecule has 1 amide bonds. The Kier molecular flexibility index (Phi) is 5.27. The maximum Gasteiger partial charge on any atom is 0.246 e. The fourth-order valence-electron chi connectivity index (χ4n) is 4.14. The van der Waals surface area contributed by atoms with Crippen molar-refractivity contribution < 1.29 is 9.90 Å². The van der Waals surface area contributed by atoms with Crippen LogP contribution in [0.15, 0.2) is 41.7 Å². The van der Waals surface area contributed by atoms with Crippen molar-refractivity contribution in [1.29, 1.82) is 0 Å². The summed E-state index contributed by atoms with van der Waals surface area (Å²) in [6, 6.07) is 8.02. The number of amides is 1. The lowest BCUT2D eigenvalue weighted by molar-refractivity contribution is -0.120. The molecule has 4 rings (SSSR count). The number of benzene rings is 1. The van der Waals surface area contributed by atoms with Gasteiger partial charge in [-0.1, -0.05) is 24.3 Å². The Morgan fingerprint density at radius 1 is 1.34 bits per heavy atom. The fourth-order valence-corrected chi connectivity index (χ4v) is 4.14. The molecule has 1 aromatic heterocycles. The molecule has 0 spiro atoms. The first kappa shape index (κ1) is 19.4. The SMILES string of the molecule is CCNC(=NCC1(O)CCc2ccccc21)N1CCN(c2cnn(C)c2)C(=O)C1. The fraction of sp³-hybridized carbons (Fsp3) is 0.476. The number of guanidine groups is 1. The normalized spacial score (nSPS) is 22.2. The van der Waals surface area contributed by atoms with Crippen LogP contribution in [0.5, 0.6) is 0 Å². The quantitative estimate of drug-likeness (QED) is 0.592. The van der Waals surface area contributed by atoms with Crippen molar-refractivity contribution in [3.05, 3.63) is 47.8 Å². The van der Waals surface area contributed by atoms with E-state index in [0.717, 1.165) is 17.7 Å². The van der Waals surface area contributed by atoms with Crippen molar-refractivity contribution in [3.8, 4) is 0 Å². The molecule has 1 fully saturated rings. The van der Waals surface area contributed by atoms with Gasteiger partial charge in [-0.25, -0.2) is 4.99 Å². The van der Waals surface area contributed by atoms with Gasteiger partial charge in [0.2, 0.25) is 5.91 Å². The molecule has 1 aliphatic heterocycles. The molecule has 1 unspecified atom stereocenters. The number of rotatable bonds is 4. The highest BCUT2D eigenvalue weighted by Crippen LogP contribution is 2.36. The van der Waals surface area contributed by atoms with Gasteiger partial charge in [-0.15, -0.1) is 0 Å². The summed E-state index contributed by atoms with van der Waals surface area (Å²) in [6.45, 7) is 4.47. The van der Waals surface area contributed by atoms with Crippen LogP contribution in [0.25, 0.3) is 0 Å². The maximum absolute atomic E-state index is 12.7. The number of piperazine rings is 1. The van der Waals surface area contributed by atoms with Crippen LogP contribution < -0.4 is 10.2 Å². The van der Waals surface area contributed by atoms with Crippen molar-refractivity contribution >= 4 is 17.6 Å². The summed E-state index contributed by atoms with van der Waals surface area (Å²) in [5, 5.41) is 18.6. The monoisotopic (exact) mass is 396 g/mol. The van der Waals surface area contributed by atoms with Crippen LogP contribution in [-0.2, 0) is 23.9 Å². The second kappa shape index (κ2) is 7.87. The van der Waals surface area contributed by atoms with Crippen LogP contribution in [0.3, 0.4) is 0 Å². The molecule has 1 saturated heterocycles. The standard InChI is InChI=1S/C21H28N6O2/c1-3-22-20(23-15-21(29)9-8-16-6-4-5-7-18(16)21)26-10-11-27(19(28)14-26)17-12-24-25(2)13-17/h4-7,12-13,29H,3,8-11,14-15H2,1-2H3,(H,22,23). The van der Waals surface area contributed by atoms with Gasteiger partial charge in [-0.3, -0.25) is 9.48 Å². The van der Waals surface area contributed by atoms with Gasteiger partial charge >= 0.3 is 0 Å². The zero-order valence-electron chi connectivity index (χ0n) is 17.0. The van der Waals surface area contributed by atoms with Gasteiger partial charge in [0.25, 0.3) is 0 Å². The number of nitrogens with zero attached hydrogens (tertiary/aromatic N) is 5. The Labute approximate surface area is 170 Å². The van der Waals surface area contributed by atoms with Crippen molar-refractivity contribution in [2.75, 3.05) is 37.6 Å². The lowest BCUT2D eigenvalue weighted by Crippen LogP contribution is -2.55. The van der Waals surface area contributed by atoms with E-state index in [1.807, 2.05) is 43.3 Å². The van der Waals surface area contributed by atoms with Crippen molar-refractivity contribution in [2.24, 2.45) is 12.0 Å². The summed E-state index contributed by atoms with van der Waals surface area (Å²) in [5.41, 5.74) is 2.03. The predicted molar refractivity (Wildman–Crippen MR) is 112 cm³/mol. The number of fused-ring (bicyclic) bond motifs is 1. The number of aliphatic hydroxyl groups is 1. The lowest BCUT2D eigenvalue weighted by Gasteiger charge is -2.35. The molecule has 1 atom stereocenters. The largest absolute Gasteiger partial charge is 0.383 e. The zero-order valence-corrected chi connectivity index (χ0v) is 17.0. The van der Waals surface area contributed by atoms with Gasteiger partial charge in [0.05, 0.1) is 18.4 Å². The predicted octanol–water partition coefficient (Wildman–Crippen LogP) is 0.868. The zero-order chi connectivity index (χ0) is 20.4. The molecule has 0 bridgehead atoms. The molecule has 1 aromatic carbocycles. The molecule has 0 saturated carbocycles. The van der Waals surface area contributed by atoms with Gasteiger partial charge < -0.3 is 20.2 Å². The number of hydrogen-bond acceptors (Lipinski definition) is 4. The molecule has 8 nitrogen and oxygen atoms in total. The van der Waals surface area contributed by atoms with Crippen LogP contribution in [0.4, 0.5) is 5.69 Å². The summed E-state index contributed by atoms with van der Waals surface area (Å²) in [7, 11) is 1.84. The first-order valence-corrected chi connectivity index (χ1v) is 10.1. The number of aromatic nitrogens is 2. The lowest BCUT2D eigenvalue weighted by atomic mass is 9.96. The number of anilines is 1. The summed E-state index contributed by atoms with van der Waals surface area (Å²) in [4.78, 5) is 21.2. The Bertz CT molecular complexity index is 923. The molecule has 2 aliphatic rings. The molecule has 8 heteroatoms. The van der Waals surface area contributed by atoms with Crippen LogP contribution in [0.1, 0.15) is 24.5 Å². The second-order valence-corrected chi connectivity index (χ2v) is 7.70. The van der Waals surface area contributed by atoms with Crippen LogP contribution >= 0.6 is 0 Å².